The van der Waals surface area contributed by atoms with Crippen molar-refractivity contribution >= 4 is 17.9 Å². The minimum atomic E-state index is -0.762. The zero-order valence-corrected chi connectivity index (χ0v) is 44.0. The van der Waals surface area contributed by atoms with E-state index in [0.29, 0.717) is 19.3 Å². The highest BCUT2D eigenvalue weighted by Crippen LogP contribution is 2.17. The van der Waals surface area contributed by atoms with Crippen LogP contribution < -0.4 is 0 Å². The average Bonchev–Trinajstić information content (AvgIpc) is 3.30. The maximum Gasteiger partial charge on any atom is 0.306 e. The van der Waals surface area contributed by atoms with Gasteiger partial charge in [-0.2, -0.15) is 0 Å². The van der Waals surface area contributed by atoms with Gasteiger partial charge in [0.1, 0.15) is 13.2 Å². The van der Waals surface area contributed by atoms with E-state index in [1.165, 1.54) is 231 Å². The first kappa shape index (κ1) is 63.1. The number of allylic oxidation sites excluding steroid dienone is 2. The molecule has 0 fully saturated rings. The Labute approximate surface area is 405 Å². The fraction of sp³-hybridized carbons (Fsp3) is 0.915. The van der Waals surface area contributed by atoms with Crippen LogP contribution in [0.3, 0.4) is 0 Å². The molecule has 0 heterocycles. The van der Waals surface area contributed by atoms with Gasteiger partial charge in [0.2, 0.25) is 0 Å². The second-order valence-corrected chi connectivity index (χ2v) is 19.9. The Bertz CT molecular complexity index is 1010. The molecule has 0 aliphatic heterocycles. The van der Waals surface area contributed by atoms with Crippen LogP contribution in [0.1, 0.15) is 329 Å². The van der Waals surface area contributed by atoms with Gasteiger partial charge >= 0.3 is 17.9 Å². The van der Waals surface area contributed by atoms with Crippen LogP contribution in [-0.2, 0) is 28.6 Å². The first-order valence-electron chi connectivity index (χ1n) is 29.2. The van der Waals surface area contributed by atoms with E-state index in [9.17, 15) is 14.4 Å². The Morgan fingerprint density at radius 1 is 0.292 bits per heavy atom. The standard InChI is InChI=1S/C59H112O6/c1-4-7-10-13-16-18-20-22-24-26-27-28-29-30-31-32-33-34-36-37-39-41-43-46-49-52-58(61)64-55-56(54-63-57(60)51-48-45-15-12-9-6-3)65-59(62)53-50-47-44-42-40-38-35-25-23-21-19-17-14-11-8-5-2/h26-27,56H,4-25,28-55H2,1-3H3/b27-26-. The summed E-state index contributed by atoms with van der Waals surface area (Å²) < 4.78 is 16.8. The van der Waals surface area contributed by atoms with E-state index < -0.39 is 6.10 Å². The summed E-state index contributed by atoms with van der Waals surface area (Å²) in [6.45, 7) is 6.63. The van der Waals surface area contributed by atoms with Gasteiger partial charge in [-0.15, -0.1) is 0 Å². The molecular formula is C59H112O6. The third-order valence-electron chi connectivity index (χ3n) is 13.3. The Kier molecular flexibility index (Phi) is 53.2. The summed E-state index contributed by atoms with van der Waals surface area (Å²) in [6, 6.07) is 0. The molecule has 0 aliphatic carbocycles. The Morgan fingerprint density at radius 3 is 0.769 bits per heavy atom. The van der Waals surface area contributed by atoms with Gasteiger partial charge in [-0.25, -0.2) is 0 Å². The molecule has 0 aliphatic rings. The molecule has 0 amide bonds. The van der Waals surface area contributed by atoms with Crippen LogP contribution in [0.5, 0.6) is 0 Å². The smallest absolute Gasteiger partial charge is 0.306 e. The van der Waals surface area contributed by atoms with Gasteiger partial charge in [0.05, 0.1) is 0 Å². The number of carbonyl (C=O) groups is 3. The highest BCUT2D eigenvalue weighted by Gasteiger charge is 2.19. The van der Waals surface area contributed by atoms with Crippen molar-refractivity contribution in [2.24, 2.45) is 0 Å². The summed E-state index contributed by atoms with van der Waals surface area (Å²) in [5.74, 6) is -0.853. The molecule has 1 atom stereocenters. The molecule has 0 radical (unpaired) electrons. The molecule has 0 saturated carbocycles. The molecule has 0 aromatic heterocycles. The normalized spacial score (nSPS) is 12.0. The van der Waals surface area contributed by atoms with E-state index in [1.54, 1.807) is 0 Å². The molecule has 0 bridgehead atoms. The average molecular weight is 918 g/mol. The molecule has 1 unspecified atom stereocenters. The molecule has 0 aromatic rings. The molecule has 6 heteroatoms. The van der Waals surface area contributed by atoms with Crippen LogP contribution in [0.2, 0.25) is 0 Å². The first-order valence-corrected chi connectivity index (χ1v) is 29.2. The Balaban J connectivity index is 4.04. The molecule has 0 aromatic carbocycles. The largest absolute Gasteiger partial charge is 0.462 e. The minimum Gasteiger partial charge on any atom is -0.462 e. The van der Waals surface area contributed by atoms with Crippen molar-refractivity contribution in [3.8, 4) is 0 Å². The van der Waals surface area contributed by atoms with Crippen molar-refractivity contribution in [2.75, 3.05) is 13.2 Å². The predicted octanol–water partition coefficient (Wildman–Crippen LogP) is 19.3. The van der Waals surface area contributed by atoms with Gasteiger partial charge in [-0.1, -0.05) is 277 Å². The number of unbranched alkanes of at least 4 members (excludes halogenated alkanes) is 41. The number of carbonyl (C=O) groups excluding carboxylic acids is 3. The van der Waals surface area contributed by atoms with Gasteiger partial charge in [0.25, 0.3) is 0 Å². The summed E-state index contributed by atoms with van der Waals surface area (Å²) in [4.78, 5) is 37.8. The quantitative estimate of drug-likeness (QED) is 0.0262. The molecule has 6 nitrogen and oxygen atoms in total. The number of hydrogen-bond acceptors (Lipinski definition) is 6. The Hall–Kier alpha value is -1.85. The van der Waals surface area contributed by atoms with Gasteiger partial charge in [-0.05, 0) is 44.9 Å². The van der Waals surface area contributed by atoms with E-state index in [-0.39, 0.29) is 31.1 Å². The maximum atomic E-state index is 12.8. The van der Waals surface area contributed by atoms with E-state index in [0.717, 1.165) is 57.8 Å². The first-order chi connectivity index (χ1) is 32.0. The van der Waals surface area contributed by atoms with Crippen LogP contribution in [0.25, 0.3) is 0 Å². The number of hydrogen-bond donors (Lipinski definition) is 0. The summed E-state index contributed by atoms with van der Waals surface area (Å²) in [5.41, 5.74) is 0. The van der Waals surface area contributed by atoms with Crippen molar-refractivity contribution in [3.63, 3.8) is 0 Å². The second-order valence-electron chi connectivity index (χ2n) is 19.9. The summed E-state index contributed by atoms with van der Waals surface area (Å²) >= 11 is 0. The lowest BCUT2D eigenvalue weighted by Gasteiger charge is -2.18. The lowest BCUT2D eigenvalue weighted by molar-refractivity contribution is -0.167. The summed E-state index contributed by atoms with van der Waals surface area (Å²) in [7, 11) is 0. The van der Waals surface area contributed by atoms with Crippen LogP contribution in [0.4, 0.5) is 0 Å². The lowest BCUT2D eigenvalue weighted by atomic mass is 10.0. The third-order valence-corrected chi connectivity index (χ3v) is 13.3. The summed E-state index contributed by atoms with van der Waals surface area (Å²) in [6.07, 6.45) is 62.4. The number of esters is 3. The van der Waals surface area contributed by atoms with Gasteiger partial charge in [0, 0.05) is 19.3 Å². The molecule has 0 N–H and O–H groups in total. The Morgan fingerprint density at radius 2 is 0.508 bits per heavy atom. The lowest BCUT2D eigenvalue weighted by Crippen LogP contribution is -2.30. The molecule has 65 heavy (non-hydrogen) atoms. The van der Waals surface area contributed by atoms with Crippen molar-refractivity contribution in [3.05, 3.63) is 12.2 Å². The van der Waals surface area contributed by atoms with Gasteiger partial charge in [-0.3, -0.25) is 14.4 Å². The zero-order valence-electron chi connectivity index (χ0n) is 44.0. The highest BCUT2D eigenvalue weighted by atomic mass is 16.6. The van der Waals surface area contributed by atoms with E-state index in [4.69, 9.17) is 14.2 Å². The fourth-order valence-corrected chi connectivity index (χ4v) is 8.85. The summed E-state index contributed by atoms with van der Waals surface area (Å²) in [5, 5.41) is 0. The zero-order chi connectivity index (χ0) is 47.2. The van der Waals surface area contributed by atoms with E-state index >= 15 is 0 Å². The van der Waals surface area contributed by atoms with Crippen molar-refractivity contribution in [2.45, 2.75) is 335 Å². The molecular weight excluding hydrogens is 805 g/mol. The highest BCUT2D eigenvalue weighted by molar-refractivity contribution is 5.71. The second kappa shape index (κ2) is 54.8. The SMILES string of the molecule is CCCCCCCCCC/C=C\CCCCCCCCCCCCCCCC(=O)OCC(COC(=O)CCCCCCCC)OC(=O)CCCCCCCCCCCCCCCCCC. The van der Waals surface area contributed by atoms with Crippen LogP contribution in [0.15, 0.2) is 12.2 Å². The van der Waals surface area contributed by atoms with Crippen LogP contribution in [-0.4, -0.2) is 37.2 Å². The fourth-order valence-electron chi connectivity index (χ4n) is 8.85. The predicted molar refractivity (Wildman–Crippen MR) is 280 cm³/mol. The monoisotopic (exact) mass is 917 g/mol. The minimum absolute atomic E-state index is 0.0649. The van der Waals surface area contributed by atoms with Crippen molar-refractivity contribution in [1.29, 1.82) is 0 Å². The van der Waals surface area contributed by atoms with Crippen LogP contribution >= 0.6 is 0 Å². The van der Waals surface area contributed by atoms with Crippen LogP contribution in [0, 0.1) is 0 Å². The van der Waals surface area contributed by atoms with Crippen molar-refractivity contribution in [1.82, 2.24) is 0 Å². The number of ether oxygens (including phenoxy) is 3. The molecule has 0 saturated heterocycles. The van der Waals surface area contributed by atoms with E-state index in [2.05, 4.69) is 32.9 Å². The van der Waals surface area contributed by atoms with Gasteiger partial charge in [0.15, 0.2) is 6.10 Å². The molecule has 0 rings (SSSR count). The number of rotatable bonds is 54. The molecule has 384 valence electrons. The van der Waals surface area contributed by atoms with Gasteiger partial charge < -0.3 is 14.2 Å². The molecule has 0 spiro atoms. The van der Waals surface area contributed by atoms with E-state index in [1.807, 2.05) is 0 Å². The topological polar surface area (TPSA) is 78.9 Å². The third kappa shape index (κ3) is 53.0. The maximum absolute atomic E-state index is 12.8. The van der Waals surface area contributed by atoms with Crippen molar-refractivity contribution < 1.29 is 28.6 Å².